The molecule has 3 N–H and O–H groups in total. The Balaban J connectivity index is 1.33. The predicted molar refractivity (Wildman–Crippen MR) is 206 cm³/mol. The fourth-order valence-corrected chi connectivity index (χ4v) is 9.68. The summed E-state index contributed by atoms with van der Waals surface area (Å²) >= 11 is 12.7. The van der Waals surface area contributed by atoms with Gasteiger partial charge < -0.3 is 19.7 Å². The minimum Gasteiger partial charge on any atom is -0.497 e. The van der Waals surface area contributed by atoms with Crippen molar-refractivity contribution in [2.75, 3.05) is 30.6 Å². The molecule has 2 saturated heterocycles. The molecule has 4 amide bonds. The second-order valence-electron chi connectivity index (χ2n) is 14.2. The van der Waals surface area contributed by atoms with E-state index in [4.69, 9.17) is 32.7 Å². The Labute approximate surface area is 331 Å². The Morgan fingerprint density at radius 3 is 2.39 bits per heavy atom. The van der Waals surface area contributed by atoms with Gasteiger partial charge >= 0.3 is 5.97 Å². The molecule has 14 heteroatoms. The molecule has 4 aromatic rings. The van der Waals surface area contributed by atoms with E-state index >= 15 is 9.59 Å². The molecule has 0 radical (unpaired) electrons. The molecule has 1 saturated carbocycles. The number of halogens is 2. The Bertz CT molecular complexity index is 2330. The van der Waals surface area contributed by atoms with Gasteiger partial charge in [-0.15, -0.1) is 0 Å². The fraction of sp³-hybridized carbons (Fsp3) is 0.262. The van der Waals surface area contributed by atoms with Crippen LogP contribution < -0.4 is 19.8 Å². The van der Waals surface area contributed by atoms with E-state index in [0.29, 0.717) is 33.2 Å². The maximum Gasteiger partial charge on any atom is 0.335 e. The standard InChI is InChI=1S/C42H35Cl2N3O9/c1-55-26-12-9-23(10-13-26)42-31(38(50)47(41(42)54)45-33-16-11-24(43)20-32(33)44)21-30-27(36(42)28-7-2-3-8-34(28)56-18-17-48)14-15-29-35(30)39(51)46(37(29)49)25-6-4-5-22(19-25)40(52)53/h2-14,16,19-20,29-31,35-36,45,48H,15,17-18,21H2,1H3,(H,52,53)/t29-,30+,31-,35-,36+,42+/m0/s1. The molecule has 4 aliphatic rings. The highest BCUT2D eigenvalue weighted by Gasteiger charge is 2.70. The van der Waals surface area contributed by atoms with Crippen molar-refractivity contribution in [1.82, 2.24) is 5.01 Å². The summed E-state index contributed by atoms with van der Waals surface area (Å²) in [6.07, 6.45) is 2.08. The van der Waals surface area contributed by atoms with Crippen LogP contribution in [0.1, 0.15) is 40.2 Å². The van der Waals surface area contributed by atoms with Gasteiger partial charge in [0.15, 0.2) is 0 Å². The number of hydrazine groups is 1. The summed E-state index contributed by atoms with van der Waals surface area (Å²) in [5, 5.41) is 21.0. The molecule has 0 spiro atoms. The first-order chi connectivity index (χ1) is 27.0. The van der Waals surface area contributed by atoms with Crippen LogP contribution in [-0.2, 0) is 24.6 Å². The third-order valence-corrected chi connectivity index (χ3v) is 12.1. The molecule has 8 rings (SSSR count). The largest absolute Gasteiger partial charge is 0.497 e. The van der Waals surface area contributed by atoms with Crippen LogP contribution >= 0.6 is 23.2 Å². The lowest BCUT2D eigenvalue weighted by atomic mass is 9.49. The number of allylic oxidation sites excluding steroid dienone is 2. The second-order valence-corrected chi connectivity index (χ2v) is 15.0. The van der Waals surface area contributed by atoms with Crippen molar-refractivity contribution in [1.29, 1.82) is 0 Å². The summed E-state index contributed by atoms with van der Waals surface area (Å²) in [7, 11) is 1.52. The summed E-state index contributed by atoms with van der Waals surface area (Å²) in [6.45, 7) is -0.338. The number of carbonyl (C=O) groups excluding carboxylic acids is 4. The SMILES string of the molecule is COc1ccc([C@@]23C(=O)N(Nc4ccc(Cl)cc4Cl)C(=O)[C@@H]2C[C@@H]2C(=CC[C@@H]4C(=O)N(c5cccc(C(=O)O)c5)C(=O)[C@@H]42)[C@@H]3c2ccccc2OCCO)cc1. The first kappa shape index (κ1) is 37.2. The van der Waals surface area contributed by atoms with Gasteiger partial charge in [-0.05, 0) is 78.9 Å². The number of aliphatic hydroxyl groups is 1. The van der Waals surface area contributed by atoms with Gasteiger partial charge in [-0.25, -0.2) is 4.79 Å². The summed E-state index contributed by atoms with van der Waals surface area (Å²) in [5.74, 6) is -6.84. The first-order valence-corrected chi connectivity index (χ1v) is 18.7. The highest BCUT2D eigenvalue weighted by Crippen LogP contribution is 2.65. The Hall–Kier alpha value is -5.69. The van der Waals surface area contributed by atoms with Crippen LogP contribution in [0.3, 0.4) is 0 Å². The van der Waals surface area contributed by atoms with E-state index in [1.807, 2.05) is 12.1 Å². The third kappa shape index (κ3) is 5.74. The van der Waals surface area contributed by atoms with Crippen molar-refractivity contribution in [2.24, 2.45) is 23.7 Å². The van der Waals surface area contributed by atoms with Crippen LogP contribution in [0.4, 0.5) is 11.4 Å². The van der Waals surface area contributed by atoms with Crippen molar-refractivity contribution in [3.8, 4) is 11.5 Å². The lowest BCUT2D eigenvalue weighted by molar-refractivity contribution is -0.138. The Morgan fingerprint density at radius 2 is 1.68 bits per heavy atom. The van der Waals surface area contributed by atoms with Gasteiger partial charge in [-0.2, -0.15) is 5.01 Å². The van der Waals surface area contributed by atoms with Crippen LogP contribution in [0.15, 0.2) is 103 Å². The number of nitrogens with zero attached hydrogens (tertiary/aromatic N) is 2. The average molecular weight is 797 g/mol. The number of carboxylic acids is 1. The number of aliphatic hydroxyl groups excluding tert-OH is 1. The number of imide groups is 2. The summed E-state index contributed by atoms with van der Waals surface area (Å²) in [6, 6.07) is 24.3. The second kappa shape index (κ2) is 14.4. The minimum absolute atomic E-state index is 0.0221. The number of anilines is 2. The zero-order chi connectivity index (χ0) is 39.5. The number of carbonyl (C=O) groups is 5. The summed E-state index contributed by atoms with van der Waals surface area (Å²) < 4.78 is 11.6. The quantitative estimate of drug-likeness (QED) is 0.123. The number of benzene rings is 4. The van der Waals surface area contributed by atoms with Crippen LogP contribution in [0.2, 0.25) is 10.0 Å². The third-order valence-electron chi connectivity index (χ3n) is 11.5. The summed E-state index contributed by atoms with van der Waals surface area (Å²) in [5.41, 5.74) is 3.42. The number of nitrogens with one attached hydrogen (secondary N) is 1. The molecule has 2 aliphatic heterocycles. The number of para-hydroxylation sites is 1. The van der Waals surface area contributed by atoms with E-state index in [2.05, 4.69) is 5.43 Å². The van der Waals surface area contributed by atoms with E-state index in [-0.39, 0.29) is 48.0 Å². The number of methoxy groups -OCH3 is 1. The number of fused-ring (bicyclic) bond motifs is 4. The number of hydrogen-bond donors (Lipinski definition) is 3. The van der Waals surface area contributed by atoms with Gasteiger partial charge in [0.2, 0.25) is 11.8 Å². The number of ether oxygens (including phenoxy) is 2. The molecule has 2 aliphatic carbocycles. The van der Waals surface area contributed by atoms with Crippen molar-refractivity contribution in [3.05, 3.63) is 129 Å². The van der Waals surface area contributed by atoms with Gasteiger partial charge in [-0.3, -0.25) is 29.5 Å². The highest BCUT2D eigenvalue weighted by atomic mass is 35.5. The highest BCUT2D eigenvalue weighted by molar-refractivity contribution is 6.36. The molecular formula is C42H35Cl2N3O9. The zero-order valence-electron chi connectivity index (χ0n) is 29.9. The molecule has 0 bridgehead atoms. The molecule has 56 heavy (non-hydrogen) atoms. The molecule has 6 atom stereocenters. The average Bonchev–Trinajstić information content (AvgIpc) is 3.58. The molecule has 2 heterocycles. The maximum absolute atomic E-state index is 15.5. The Morgan fingerprint density at radius 1 is 0.911 bits per heavy atom. The molecular weight excluding hydrogens is 761 g/mol. The van der Waals surface area contributed by atoms with Crippen molar-refractivity contribution in [2.45, 2.75) is 24.2 Å². The van der Waals surface area contributed by atoms with Gasteiger partial charge in [0.1, 0.15) is 18.1 Å². The minimum atomic E-state index is -1.62. The Kier molecular flexibility index (Phi) is 9.60. The van der Waals surface area contributed by atoms with Gasteiger partial charge in [0.05, 0.1) is 58.8 Å². The van der Waals surface area contributed by atoms with Gasteiger partial charge in [0.25, 0.3) is 11.8 Å². The van der Waals surface area contributed by atoms with Crippen LogP contribution in [0.5, 0.6) is 11.5 Å². The van der Waals surface area contributed by atoms with Gasteiger partial charge in [-0.1, -0.05) is 71.2 Å². The molecule has 286 valence electrons. The number of carboxylic acid groups (broad SMARTS) is 1. The predicted octanol–water partition coefficient (Wildman–Crippen LogP) is 6.26. The first-order valence-electron chi connectivity index (χ1n) is 18.0. The fourth-order valence-electron chi connectivity index (χ4n) is 9.23. The van der Waals surface area contributed by atoms with E-state index in [9.17, 15) is 24.6 Å². The van der Waals surface area contributed by atoms with Crippen molar-refractivity contribution < 1.29 is 43.7 Å². The van der Waals surface area contributed by atoms with Crippen LogP contribution in [0.25, 0.3) is 0 Å². The van der Waals surface area contributed by atoms with Crippen molar-refractivity contribution in [3.63, 3.8) is 0 Å². The number of aromatic carboxylic acids is 1. The lowest BCUT2D eigenvalue weighted by Crippen LogP contribution is -2.53. The normalized spacial score (nSPS) is 25.4. The van der Waals surface area contributed by atoms with E-state index in [1.165, 1.54) is 37.4 Å². The topological polar surface area (TPSA) is 163 Å². The van der Waals surface area contributed by atoms with Crippen LogP contribution in [0, 0.1) is 23.7 Å². The molecule has 3 fully saturated rings. The number of rotatable bonds is 10. The van der Waals surface area contributed by atoms with Gasteiger partial charge in [0, 0.05) is 16.5 Å². The number of amides is 4. The lowest BCUT2D eigenvalue weighted by Gasteiger charge is -2.50. The summed E-state index contributed by atoms with van der Waals surface area (Å²) in [4.78, 5) is 72.2. The number of hydrogen-bond acceptors (Lipinski definition) is 9. The van der Waals surface area contributed by atoms with E-state index in [0.717, 1.165) is 9.91 Å². The monoisotopic (exact) mass is 795 g/mol. The molecule has 0 aromatic heterocycles. The molecule has 12 nitrogen and oxygen atoms in total. The van der Waals surface area contributed by atoms with E-state index in [1.54, 1.807) is 54.6 Å². The molecule has 0 unspecified atom stereocenters. The molecule has 4 aromatic carbocycles. The van der Waals surface area contributed by atoms with E-state index < -0.39 is 64.6 Å². The smallest absolute Gasteiger partial charge is 0.335 e. The van der Waals surface area contributed by atoms with Crippen LogP contribution in [-0.4, -0.2) is 65.1 Å². The van der Waals surface area contributed by atoms with Crippen molar-refractivity contribution >= 4 is 64.2 Å². The maximum atomic E-state index is 15.5. The zero-order valence-corrected chi connectivity index (χ0v) is 31.4.